The maximum absolute atomic E-state index is 9.65. The molecule has 0 heterocycles. The third-order valence-corrected chi connectivity index (χ3v) is 9.98. The zero-order valence-electron chi connectivity index (χ0n) is 48.3. The Morgan fingerprint density at radius 2 is 0.695 bits per heavy atom. The molecule has 0 aromatic heterocycles. The van der Waals surface area contributed by atoms with Gasteiger partial charge in [0.2, 0.25) is 0 Å². The first-order valence-electron chi connectivity index (χ1n) is 27.4. The maximum atomic E-state index is 9.65. The molecule has 278 valence electrons. The van der Waals surface area contributed by atoms with Crippen LogP contribution < -0.4 is 4.90 Å². The first-order valence-corrected chi connectivity index (χ1v) is 18.9. The lowest BCUT2D eigenvalue weighted by atomic mass is 9.95. The summed E-state index contributed by atoms with van der Waals surface area (Å²) in [6.07, 6.45) is 0. The molecule has 0 atom stereocenters. The van der Waals surface area contributed by atoms with Gasteiger partial charge in [-0.1, -0.05) is 200 Å². The highest BCUT2D eigenvalue weighted by molar-refractivity contribution is 5.97. The number of anilines is 3. The van der Waals surface area contributed by atoms with Crippen LogP contribution in [-0.2, 0) is 0 Å². The minimum Gasteiger partial charge on any atom is -0.311 e. The molecule has 1 nitrogen and oxygen atoms in total. The Hall–Kier alpha value is -7.74. The first kappa shape index (κ1) is 21.7. The second-order valence-corrected chi connectivity index (χ2v) is 13.6. The van der Waals surface area contributed by atoms with Gasteiger partial charge in [-0.25, -0.2) is 0 Å². The highest BCUT2D eigenvalue weighted by Gasteiger charge is 2.15. The molecule has 0 N–H and O–H groups in total. The topological polar surface area (TPSA) is 3.24 Å². The maximum Gasteiger partial charge on any atom is 0.0645 e. The summed E-state index contributed by atoms with van der Waals surface area (Å²) in [6.45, 7) is 0. The van der Waals surface area contributed by atoms with Crippen molar-refractivity contribution in [1.82, 2.24) is 0 Å². The van der Waals surface area contributed by atoms with Crippen LogP contribution in [0.4, 0.5) is 17.1 Å². The summed E-state index contributed by atoms with van der Waals surface area (Å²) in [6, 6.07) is 32.4. The molecule has 10 rings (SSSR count). The third-order valence-electron chi connectivity index (χ3n) is 9.98. The lowest BCUT2D eigenvalue weighted by molar-refractivity contribution is 1.28. The molecule has 0 fully saturated rings. The fourth-order valence-corrected chi connectivity index (χ4v) is 7.04. The van der Waals surface area contributed by atoms with Gasteiger partial charge in [0, 0.05) is 17.1 Å². The molecule has 59 heavy (non-hydrogen) atoms. The third kappa shape index (κ3) is 7.46. The predicted octanol–water partition coefficient (Wildman–Crippen LogP) is 16.3. The van der Waals surface area contributed by atoms with Crippen LogP contribution in [0.25, 0.3) is 77.5 Å². The van der Waals surface area contributed by atoms with Crippen molar-refractivity contribution in [2.24, 2.45) is 0 Å². The summed E-state index contributed by atoms with van der Waals surface area (Å²) in [5.41, 5.74) is 2.14. The van der Waals surface area contributed by atoms with Gasteiger partial charge >= 0.3 is 0 Å². The minimum atomic E-state index is -0.875. The van der Waals surface area contributed by atoms with E-state index < -0.39 is 136 Å². The molecule has 0 saturated carbocycles. The SMILES string of the molecule is [2H]c1c([2H])c([2H])c(-c2c([2H])c([2H])c(-c3c([2H])c([2H])c(N(c4ccc(-c5cccc(-c6ccccc6)c5)cc4)c4c([2H])c([2H])c(-c5cccc(-c6cccc7ccccc67)c5)c([2H])c4[2H])c([2H])c3[2H])c([2H])c2[2H])c([2H])c1[2H]. The molecule has 0 unspecified atom stereocenters. The normalized spacial score (nSPS) is 15.1. The number of fused-ring (bicyclic) bond motifs is 1. The molecule has 0 aliphatic rings. The summed E-state index contributed by atoms with van der Waals surface area (Å²) in [5, 5.41) is 1.97. The number of hydrogen-bond donors (Lipinski definition) is 0. The van der Waals surface area contributed by atoms with Crippen molar-refractivity contribution in [3.8, 4) is 66.8 Å². The van der Waals surface area contributed by atoms with Gasteiger partial charge in [0.1, 0.15) is 0 Å². The van der Waals surface area contributed by atoms with E-state index in [-0.39, 0.29) is 11.3 Å². The number of nitrogens with zero attached hydrogens (tertiary/aromatic N) is 1. The number of rotatable bonds is 9. The molecule has 10 aromatic carbocycles. The lowest BCUT2D eigenvalue weighted by Gasteiger charge is -2.26. The van der Waals surface area contributed by atoms with Gasteiger partial charge in [0.15, 0.2) is 0 Å². The van der Waals surface area contributed by atoms with Crippen LogP contribution in [0.15, 0.2) is 248 Å². The van der Waals surface area contributed by atoms with Crippen molar-refractivity contribution in [3.05, 3.63) is 248 Å². The van der Waals surface area contributed by atoms with Crippen LogP contribution >= 0.6 is 0 Å². The van der Waals surface area contributed by atoms with Crippen LogP contribution in [0.5, 0.6) is 0 Å². The highest BCUT2D eigenvalue weighted by atomic mass is 15.1. The van der Waals surface area contributed by atoms with Crippen molar-refractivity contribution < 1.29 is 23.3 Å². The summed E-state index contributed by atoms with van der Waals surface area (Å²) >= 11 is 0. The fourth-order valence-electron chi connectivity index (χ4n) is 7.04. The molecule has 0 bridgehead atoms. The van der Waals surface area contributed by atoms with Crippen LogP contribution in [0.1, 0.15) is 23.3 Å². The highest BCUT2D eigenvalue weighted by Crippen LogP contribution is 2.39. The van der Waals surface area contributed by atoms with E-state index in [9.17, 15) is 11.0 Å². The largest absolute Gasteiger partial charge is 0.311 e. The Morgan fingerprint density at radius 1 is 0.271 bits per heavy atom. The summed E-state index contributed by atoms with van der Waals surface area (Å²) in [4.78, 5) is 1.13. The summed E-state index contributed by atoms with van der Waals surface area (Å²) in [7, 11) is 0. The van der Waals surface area contributed by atoms with Gasteiger partial charge < -0.3 is 4.90 Å². The molecule has 0 aliphatic heterocycles. The molecule has 0 saturated heterocycles. The zero-order valence-corrected chi connectivity index (χ0v) is 31.3. The van der Waals surface area contributed by atoms with E-state index in [4.69, 9.17) is 12.3 Å². The molecule has 0 amide bonds. The average Bonchev–Trinajstić information content (AvgIpc) is 3.45. The van der Waals surface area contributed by atoms with E-state index in [1.807, 2.05) is 103 Å². The van der Waals surface area contributed by atoms with E-state index in [1.165, 1.54) is 0 Å². The Bertz CT molecular complexity index is 3910. The molecule has 0 aliphatic carbocycles. The van der Waals surface area contributed by atoms with E-state index in [0.29, 0.717) is 5.56 Å². The molecule has 0 spiro atoms. The van der Waals surface area contributed by atoms with Crippen LogP contribution in [0.2, 0.25) is 0 Å². The number of benzene rings is 10. The average molecular weight is 769 g/mol. The van der Waals surface area contributed by atoms with Gasteiger partial charge in [-0.3, -0.25) is 0 Å². The van der Waals surface area contributed by atoms with Crippen LogP contribution in [-0.4, -0.2) is 0 Å². The molecule has 1 heteroatoms. The van der Waals surface area contributed by atoms with E-state index in [1.54, 1.807) is 42.5 Å². The molecular weight excluding hydrogens is 711 g/mol. The quantitative estimate of drug-likeness (QED) is 0.141. The van der Waals surface area contributed by atoms with E-state index >= 15 is 0 Å². The van der Waals surface area contributed by atoms with Crippen LogP contribution in [0.3, 0.4) is 0 Å². The smallest absolute Gasteiger partial charge is 0.0645 e. The number of hydrogen-bond acceptors (Lipinski definition) is 1. The van der Waals surface area contributed by atoms with E-state index in [0.717, 1.165) is 49.1 Å². The second-order valence-electron chi connectivity index (χ2n) is 13.6. The van der Waals surface area contributed by atoms with Crippen LogP contribution in [0, 0.1) is 0 Å². The summed E-state index contributed by atoms with van der Waals surface area (Å²) in [5.74, 6) is 0. The van der Waals surface area contributed by atoms with Gasteiger partial charge in [0.05, 0.1) is 23.3 Å². The Morgan fingerprint density at radius 3 is 1.32 bits per heavy atom. The molecular formula is C58H41N. The second kappa shape index (κ2) is 16.0. The Labute approximate surface area is 370 Å². The zero-order chi connectivity index (χ0) is 54.2. The van der Waals surface area contributed by atoms with Crippen molar-refractivity contribution in [3.63, 3.8) is 0 Å². The fraction of sp³-hybridized carbons (Fsp3) is 0. The Balaban J connectivity index is 1.17. The van der Waals surface area contributed by atoms with Crippen molar-refractivity contribution in [2.45, 2.75) is 0 Å². The van der Waals surface area contributed by atoms with Gasteiger partial charge in [-0.15, -0.1) is 0 Å². The molecule has 0 radical (unpaired) electrons. The van der Waals surface area contributed by atoms with Crippen molar-refractivity contribution >= 4 is 27.8 Å². The minimum absolute atomic E-state index is 0.0280. The lowest BCUT2D eigenvalue weighted by Crippen LogP contribution is -2.09. The van der Waals surface area contributed by atoms with Gasteiger partial charge in [-0.05, 0) is 126 Å². The van der Waals surface area contributed by atoms with Gasteiger partial charge in [-0.2, -0.15) is 0 Å². The van der Waals surface area contributed by atoms with Gasteiger partial charge in [0.25, 0.3) is 0 Å². The standard InChI is InChI=1S/C58H41N/c1-3-12-42(13-4-1)44-24-26-45(27-25-44)46-28-34-54(35-29-46)59(55-36-30-47(31-37-55)51-19-9-18-50(40-51)43-14-5-2-6-15-43)56-38-32-48(33-39-56)52-20-10-21-53(41-52)58-23-11-17-49-16-7-8-22-57(49)58/h1-41H/i1D,3D,4D,12D,13D,24D,25D,26D,27D,28D,29D,32D,33D,34D,35D,38D,39D. The monoisotopic (exact) mass is 768 g/mol. The summed E-state index contributed by atoms with van der Waals surface area (Å²) < 4.78 is 154. The van der Waals surface area contributed by atoms with Crippen molar-refractivity contribution in [2.75, 3.05) is 4.90 Å². The first-order chi connectivity index (χ1) is 36.3. The molecule has 10 aromatic rings. The predicted molar refractivity (Wildman–Crippen MR) is 251 cm³/mol. The van der Waals surface area contributed by atoms with E-state index in [2.05, 4.69) is 0 Å². The Kier molecular flexibility index (Phi) is 5.89. The van der Waals surface area contributed by atoms with Crippen molar-refractivity contribution in [1.29, 1.82) is 0 Å².